The summed E-state index contributed by atoms with van der Waals surface area (Å²) in [6.45, 7) is 0. The van der Waals surface area contributed by atoms with E-state index in [2.05, 4.69) is 0 Å². The lowest BCUT2D eigenvalue weighted by Gasteiger charge is -2.34. The predicted octanol–water partition coefficient (Wildman–Crippen LogP) is 5.89. The van der Waals surface area contributed by atoms with Crippen molar-refractivity contribution in [2.45, 2.75) is 4.75 Å². The first-order valence-corrected chi connectivity index (χ1v) is 10.9. The zero-order valence-electron chi connectivity index (χ0n) is 14.3. The molecular formula is C19H12Cl4O5S. The van der Waals surface area contributed by atoms with Crippen molar-refractivity contribution in [2.75, 3.05) is 0 Å². The summed E-state index contributed by atoms with van der Waals surface area (Å²) in [5.41, 5.74) is -0.535. The zero-order valence-corrected chi connectivity index (χ0v) is 18.1. The summed E-state index contributed by atoms with van der Waals surface area (Å²) in [7, 11) is -5.09. The number of hydrogen-bond donors (Lipinski definition) is 3. The second-order valence-corrected chi connectivity index (χ2v) is 9.25. The molecule has 0 radical (unpaired) electrons. The van der Waals surface area contributed by atoms with E-state index in [1.54, 1.807) is 0 Å². The van der Waals surface area contributed by atoms with Gasteiger partial charge in [0.05, 0.1) is 15.1 Å². The molecule has 0 aromatic heterocycles. The Labute approximate surface area is 186 Å². The molecule has 1 unspecified atom stereocenters. The smallest absolute Gasteiger partial charge is 0.283 e. The maximum absolute atomic E-state index is 12.9. The van der Waals surface area contributed by atoms with Crippen LogP contribution in [0.4, 0.5) is 0 Å². The lowest BCUT2D eigenvalue weighted by atomic mass is 9.83. The molecule has 0 bridgehead atoms. The number of hydrogen-bond acceptors (Lipinski definition) is 4. The van der Waals surface area contributed by atoms with Crippen LogP contribution in [0.3, 0.4) is 0 Å². The third-order valence-electron chi connectivity index (χ3n) is 4.45. The van der Waals surface area contributed by atoms with Crippen LogP contribution in [-0.4, -0.2) is 23.2 Å². The standard InChI is InChI=1S/C19H12Cl4O5S/c20-11-6-4-10(5-7-11)19(29(26,27)28,12-2-1-3-14(21)16(12)23)13-8-9-15(22)18(25)17(13)24/h1-9,24-25H,(H,26,27,28). The molecule has 3 aromatic rings. The number of rotatable bonds is 4. The molecule has 0 amide bonds. The van der Waals surface area contributed by atoms with Crippen LogP contribution in [0.1, 0.15) is 16.7 Å². The molecule has 0 saturated carbocycles. The lowest BCUT2D eigenvalue weighted by Crippen LogP contribution is -2.38. The molecule has 152 valence electrons. The Morgan fingerprint density at radius 3 is 1.93 bits per heavy atom. The Bertz CT molecular complexity index is 1200. The Balaban J connectivity index is 2.61. The number of aromatic hydroxyl groups is 2. The van der Waals surface area contributed by atoms with Gasteiger partial charge in [-0.05, 0) is 29.8 Å². The van der Waals surface area contributed by atoms with Gasteiger partial charge in [-0.1, -0.05) is 76.7 Å². The van der Waals surface area contributed by atoms with Gasteiger partial charge in [0.1, 0.15) is 0 Å². The van der Waals surface area contributed by atoms with Crippen molar-refractivity contribution in [2.24, 2.45) is 0 Å². The molecule has 0 aliphatic heterocycles. The molecule has 0 saturated heterocycles. The van der Waals surface area contributed by atoms with Gasteiger partial charge in [0.25, 0.3) is 10.1 Å². The van der Waals surface area contributed by atoms with Crippen LogP contribution in [0.25, 0.3) is 0 Å². The van der Waals surface area contributed by atoms with Crippen molar-refractivity contribution in [3.63, 3.8) is 0 Å². The quantitative estimate of drug-likeness (QED) is 0.239. The maximum Gasteiger partial charge on any atom is 0.283 e. The second-order valence-electron chi connectivity index (χ2n) is 6.06. The van der Waals surface area contributed by atoms with Gasteiger partial charge in [-0.15, -0.1) is 0 Å². The van der Waals surface area contributed by atoms with E-state index >= 15 is 0 Å². The fourth-order valence-corrected chi connectivity index (χ4v) is 5.28. The molecule has 3 aromatic carbocycles. The van der Waals surface area contributed by atoms with E-state index in [1.807, 2.05) is 0 Å². The van der Waals surface area contributed by atoms with Gasteiger partial charge in [0.15, 0.2) is 16.2 Å². The predicted molar refractivity (Wildman–Crippen MR) is 114 cm³/mol. The minimum atomic E-state index is -5.09. The molecule has 0 fully saturated rings. The van der Waals surface area contributed by atoms with E-state index in [-0.39, 0.29) is 31.8 Å². The summed E-state index contributed by atoms with van der Waals surface area (Å²) >= 11 is 24.2. The first-order valence-electron chi connectivity index (χ1n) is 7.90. The van der Waals surface area contributed by atoms with Gasteiger partial charge in [-0.2, -0.15) is 8.42 Å². The highest BCUT2D eigenvalue weighted by Crippen LogP contribution is 2.52. The molecule has 3 N–H and O–H groups in total. The average Bonchev–Trinajstić information content (AvgIpc) is 2.65. The number of phenols is 2. The zero-order chi connectivity index (χ0) is 21.6. The summed E-state index contributed by atoms with van der Waals surface area (Å²) in [6, 6.07) is 12.1. The second kappa shape index (κ2) is 7.87. The van der Waals surface area contributed by atoms with E-state index in [1.165, 1.54) is 48.5 Å². The maximum atomic E-state index is 12.9. The van der Waals surface area contributed by atoms with E-state index in [0.717, 1.165) is 6.07 Å². The summed E-state index contributed by atoms with van der Waals surface area (Å²) in [6.07, 6.45) is 0. The highest BCUT2D eigenvalue weighted by atomic mass is 35.5. The van der Waals surface area contributed by atoms with Gasteiger partial charge >= 0.3 is 0 Å². The molecule has 5 nitrogen and oxygen atoms in total. The fraction of sp³-hybridized carbons (Fsp3) is 0.0526. The Hall–Kier alpha value is -1.67. The van der Waals surface area contributed by atoms with Crippen LogP contribution in [0.2, 0.25) is 20.1 Å². The molecule has 0 heterocycles. The van der Waals surface area contributed by atoms with Crippen molar-refractivity contribution in [1.82, 2.24) is 0 Å². The van der Waals surface area contributed by atoms with Gasteiger partial charge in [-0.25, -0.2) is 0 Å². The summed E-state index contributed by atoms with van der Waals surface area (Å²) in [5.74, 6) is -1.61. The average molecular weight is 494 g/mol. The minimum Gasteiger partial charge on any atom is -0.504 e. The molecule has 0 aliphatic carbocycles. The van der Waals surface area contributed by atoms with Gasteiger partial charge in [0.2, 0.25) is 0 Å². The van der Waals surface area contributed by atoms with Crippen molar-refractivity contribution >= 4 is 56.5 Å². The van der Waals surface area contributed by atoms with E-state index in [9.17, 15) is 23.2 Å². The first-order chi connectivity index (χ1) is 13.5. The van der Waals surface area contributed by atoms with Crippen LogP contribution < -0.4 is 0 Å². The minimum absolute atomic E-state index is 0.00871. The molecule has 0 spiro atoms. The van der Waals surface area contributed by atoms with Crippen LogP contribution in [0, 0.1) is 0 Å². The molecule has 3 rings (SSSR count). The Morgan fingerprint density at radius 1 is 0.724 bits per heavy atom. The third-order valence-corrected chi connectivity index (χ3v) is 7.28. The molecule has 0 aliphatic rings. The molecule has 10 heteroatoms. The highest BCUT2D eigenvalue weighted by molar-refractivity contribution is 7.87. The summed E-state index contributed by atoms with van der Waals surface area (Å²) in [4.78, 5) is 0. The number of benzene rings is 3. The van der Waals surface area contributed by atoms with Gasteiger partial charge in [-0.3, -0.25) is 4.55 Å². The van der Waals surface area contributed by atoms with Crippen molar-refractivity contribution in [1.29, 1.82) is 0 Å². The van der Waals surface area contributed by atoms with E-state index in [4.69, 9.17) is 46.4 Å². The van der Waals surface area contributed by atoms with Crippen LogP contribution in [0.15, 0.2) is 54.6 Å². The van der Waals surface area contributed by atoms with Crippen LogP contribution in [0.5, 0.6) is 11.5 Å². The lowest BCUT2D eigenvalue weighted by molar-refractivity contribution is 0.394. The topological polar surface area (TPSA) is 94.8 Å². The van der Waals surface area contributed by atoms with Crippen LogP contribution in [-0.2, 0) is 14.9 Å². The van der Waals surface area contributed by atoms with Crippen LogP contribution >= 0.6 is 46.4 Å². The molecular weight excluding hydrogens is 482 g/mol. The summed E-state index contributed by atoms with van der Waals surface area (Å²) in [5, 5.41) is 20.7. The normalized spacial score (nSPS) is 13.8. The van der Waals surface area contributed by atoms with Gasteiger partial charge in [0, 0.05) is 16.1 Å². The SMILES string of the molecule is O=S(=O)(O)C(c1ccc(Cl)cc1)(c1ccc(Cl)c(O)c1O)c1cccc(Cl)c1Cl. The van der Waals surface area contributed by atoms with E-state index < -0.39 is 26.4 Å². The molecule has 1 atom stereocenters. The van der Waals surface area contributed by atoms with Crippen molar-refractivity contribution < 1.29 is 23.2 Å². The first kappa shape index (κ1) is 22.0. The van der Waals surface area contributed by atoms with E-state index in [0.29, 0.717) is 5.02 Å². The van der Waals surface area contributed by atoms with Crippen molar-refractivity contribution in [3.05, 3.63) is 91.4 Å². The Morgan fingerprint density at radius 2 is 1.34 bits per heavy atom. The number of phenolic OH excluding ortho intramolecular Hbond substituents is 2. The number of halogens is 4. The summed E-state index contributed by atoms with van der Waals surface area (Å²) < 4.78 is 33.9. The highest BCUT2D eigenvalue weighted by Gasteiger charge is 2.52. The monoisotopic (exact) mass is 492 g/mol. The Kier molecular flexibility index (Phi) is 5.98. The third kappa shape index (κ3) is 3.54. The van der Waals surface area contributed by atoms with Crippen molar-refractivity contribution in [3.8, 4) is 11.5 Å². The molecule has 29 heavy (non-hydrogen) atoms. The fourth-order valence-electron chi connectivity index (χ4n) is 3.18. The largest absolute Gasteiger partial charge is 0.504 e. The van der Waals surface area contributed by atoms with Gasteiger partial charge < -0.3 is 10.2 Å².